The van der Waals surface area contributed by atoms with Gasteiger partial charge in [-0.25, -0.2) is 0 Å². The zero-order valence-corrected chi connectivity index (χ0v) is 15.2. The highest BCUT2D eigenvalue weighted by molar-refractivity contribution is 5.77. The van der Waals surface area contributed by atoms with Crippen LogP contribution in [0.5, 0.6) is 0 Å². The monoisotopic (exact) mass is 373 g/mol. The van der Waals surface area contributed by atoms with Gasteiger partial charge in [0.15, 0.2) is 0 Å². The Bertz CT molecular complexity index is 783. The van der Waals surface area contributed by atoms with Crippen molar-refractivity contribution < 1.29 is 19.4 Å². The van der Waals surface area contributed by atoms with E-state index in [-0.39, 0.29) is 24.9 Å². The molecule has 2 N–H and O–H groups in total. The lowest BCUT2D eigenvalue weighted by Gasteiger charge is -2.27. The average Bonchev–Trinajstić information content (AvgIpc) is 3.11. The Morgan fingerprint density at radius 3 is 2.67 bits per heavy atom. The van der Waals surface area contributed by atoms with Gasteiger partial charge >= 0.3 is 5.97 Å². The van der Waals surface area contributed by atoms with Crippen molar-refractivity contribution in [1.82, 2.24) is 25.5 Å². The van der Waals surface area contributed by atoms with Crippen LogP contribution in [0, 0.1) is 18.8 Å². The first-order valence-electron chi connectivity index (χ1n) is 8.95. The summed E-state index contributed by atoms with van der Waals surface area (Å²) < 4.78 is 5.27. The molecule has 1 unspecified atom stereocenters. The van der Waals surface area contributed by atoms with Crippen LogP contribution in [0.1, 0.15) is 18.4 Å². The highest BCUT2D eigenvalue weighted by atomic mass is 16.5. The molecule has 1 amide bonds. The molecular weight excluding hydrogens is 350 g/mol. The number of carbonyl (C=O) groups excluding carboxylic acids is 1. The summed E-state index contributed by atoms with van der Waals surface area (Å²) in [5.74, 6) is -1.42. The molecule has 0 saturated carbocycles. The van der Waals surface area contributed by atoms with Gasteiger partial charge in [-0.3, -0.25) is 9.59 Å². The topological polar surface area (TPSA) is 119 Å². The van der Waals surface area contributed by atoms with E-state index in [1.54, 1.807) is 0 Å². The number of rotatable bonds is 7. The Kier molecular flexibility index (Phi) is 6.12. The lowest BCUT2D eigenvalue weighted by atomic mass is 9.86. The predicted octanol–water partition coefficient (Wildman–Crippen LogP) is 0.892. The fourth-order valence-corrected chi connectivity index (χ4v) is 3.11. The second-order valence-electron chi connectivity index (χ2n) is 6.71. The minimum atomic E-state index is -0.900. The van der Waals surface area contributed by atoms with Crippen LogP contribution < -0.4 is 5.32 Å². The Morgan fingerprint density at radius 2 is 2.00 bits per heavy atom. The molecule has 2 heterocycles. The van der Waals surface area contributed by atoms with Crippen molar-refractivity contribution in [2.45, 2.75) is 26.3 Å². The standard InChI is InChI=1S/C18H23N5O4/c1-12-2-4-14(5-3-12)17-20-22-23(21-17)11-16(24)19-10-15(18(25)26)13-6-8-27-9-7-13/h2-5,13,15H,6-11H2,1H3,(H,19,24)(H,25,26). The number of nitrogens with zero attached hydrogens (tertiary/aromatic N) is 4. The molecule has 0 radical (unpaired) electrons. The van der Waals surface area contributed by atoms with E-state index in [0.717, 1.165) is 11.1 Å². The quantitative estimate of drug-likeness (QED) is 0.740. The molecule has 1 aromatic heterocycles. The molecule has 144 valence electrons. The second-order valence-corrected chi connectivity index (χ2v) is 6.71. The van der Waals surface area contributed by atoms with Crippen molar-refractivity contribution >= 4 is 11.9 Å². The summed E-state index contributed by atoms with van der Waals surface area (Å²) in [5.41, 5.74) is 1.95. The van der Waals surface area contributed by atoms with Crippen LogP contribution in [-0.2, 0) is 20.9 Å². The largest absolute Gasteiger partial charge is 0.481 e. The van der Waals surface area contributed by atoms with Gasteiger partial charge in [-0.1, -0.05) is 29.8 Å². The van der Waals surface area contributed by atoms with E-state index in [1.807, 2.05) is 31.2 Å². The van der Waals surface area contributed by atoms with E-state index in [1.165, 1.54) is 4.80 Å². The molecule has 0 bridgehead atoms. The molecule has 1 aliphatic heterocycles. The molecule has 0 spiro atoms. The first kappa shape index (κ1) is 19.0. The van der Waals surface area contributed by atoms with Crippen LogP contribution in [0.3, 0.4) is 0 Å². The predicted molar refractivity (Wildman–Crippen MR) is 95.7 cm³/mol. The van der Waals surface area contributed by atoms with E-state index >= 15 is 0 Å². The number of tetrazole rings is 1. The molecule has 1 aromatic carbocycles. The highest BCUT2D eigenvalue weighted by Crippen LogP contribution is 2.23. The van der Waals surface area contributed by atoms with E-state index in [0.29, 0.717) is 31.9 Å². The zero-order valence-electron chi connectivity index (χ0n) is 15.2. The summed E-state index contributed by atoms with van der Waals surface area (Å²) >= 11 is 0. The molecule has 3 rings (SSSR count). The van der Waals surface area contributed by atoms with Gasteiger partial charge in [0.1, 0.15) is 6.54 Å². The van der Waals surface area contributed by atoms with Gasteiger partial charge in [-0.05, 0) is 30.9 Å². The van der Waals surface area contributed by atoms with Gasteiger partial charge in [0.2, 0.25) is 11.7 Å². The fraction of sp³-hybridized carbons (Fsp3) is 0.500. The number of carboxylic acids is 1. The SMILES string of the molecule is Cc1ccc(-c2nnn(CC(=O)NCC(C(=O)O)C3CCOCC3)n2)cc1. The summed E-state index contributed by atoms with van der Waals surface area (Å²) in [4.78, 5) is 24.9. The number of amides is 1. The van der Waals surface area contributed by atoms with Crippen molar-refractivity contribution in [3.05, 3.63) is 29.8 Å². The van der Waals surface area contributed by atoms with Crippen molar-refractivity contribution in [2.24, 2.45) is 11.8 Å². The number of benzene rings is 1. The number of carboxylic acid groups (broad SMARTS) is 1. The third kappa shape index (κ3) is 5.10. The van der Waals surface area contributed by atoms with Crippen molar-refractivity contribution in [1.29, 1.82) is 0 Å². The molecular formula is C18H23N5O4. The molecule has 1 atom stereocenters. The minimum absolute atomic E-state index is 0.00850. The lowest BCUT2D eigenvalue weighted by Crippen LogP contribution is -2.40. The van der Waals surface area contributed by atoms with E-state index in [9.17, 15) is 14.7 Å². The average molecular weight is 373 g/mol. The summed E-state index contributed by atoms with van der Waals surface area (Å²) in [6.07, 6.45) is 1.38. The number of hydrogen-bond acceptors (Lipinski definition) is 6. The summed E-state index contributed by atoms with van der Waals surface area (Å²) in [5, 5.41) is 24.2. The van der Waals surface area contributed by atoms with Gasteiger partial charge in [0.25, 0.3) is 0 Å². The third-order valence-corrected chi connectivity index (χ3v) is 4.72. The minimum Gasteiger partial charge on any atom is -0.481 e. The molecule has 1 saturated heterocycles. The lowest BCUT2D eigenvalue weighted by molar-refractivity contribution is -0.145. The van der Waals surface area contributed by atoms with Gasteiger partial charge in [0, 0.05) is 25.3 Å². The fourth-order valence-electron chi connectivity index (χ4n) is 3.11. The number of hydrogen-bond donors (Lipinski definition) is 2. The molecule has 2 aromatic rings. The van der Waals surface area contributed by atoms with Gasteiger partial charge in [0.05, 0.1) is 5.92 Å². The van der Waals surface area contributed by atoms with Crippen LogP contribution >= 0.6 is 0 Å². The van der Waals surface area contributed by atoms with Crippen LogP contribution in [-0.4, -0.2) is 56.9 Å². The Labute approximate surface area is 156 Å². The number of aliphatic carboxylic acids is 1. The van der Waals surface area contributed by atoms with Gasteiger partial charge < -0.3 is 15.2 Å². The van der Waals surface area contributed by atoms with Crippen LogP contribution in [0.25, 0.3) is 11.4 Å². The van der Waals surface area contributed by atoms with E-state index in [4.69, 9.17) is 4.74 Å². The molecule has 27 heavy (non-hydrogen) atoms. The Balaban J connectivity index is 1.54. The normalized spacial score (nSPS) is 16.0. The van der Waals surface area contributed by atoms with Crippen LogP contribution in [0.15, 0.2) is 24.3 Å². The van der Waals surface area contributed by atoms with Crippen molar-refractivity contribution in [3.63, 3.8) is 0 Å². The summed E-state index contributed by atoms with van der Waals surface area (Å²) in [6.45, 7) is 3.08. The van der Waals surface area contributed by atoms with Crippen LogP contribution in [0.4, 0.5) is 0 Å². The highest BCUT2D eigenvalue weighted by Gasteiger charge is 2.30. The zero-order chi connectivity index (χ0) is 19.2. The van der Waals surface area contributed by atoms with Crippen LogP contribution in [0.2, 0.25) is 0 Å². The second kappa shape index (κ2) is 8.72. The summed E-state index contributed by atoms with van der Waals surface area (Å²) in [7, 11) is 0. The first-order valence-corrected chi connectivity index (χ1v) is 8.95. The maximum atomic E-state index is 12.2. The Hall–Kier alpha value is -2.81. The van der Waals surface area contributed by atoms with Crippen molar-refractivity contribution in [3.8, 4) is 11.4 Å². The molecule has 9 nitrogen and oxygen atoms in total. The van der Waals surface area contributed by atoms with E-state index in [2.05, 4.69) is 20.7 Å². The van der Waals surface area contributed by atoms with Gasteiger partial charge in [-0.2, -0.15) is 4.80 Å². The smallest absolute Gasteiger partial charge is 0.308 e. The molecule has 0 aliphatic carbocycles. The number of nitrogens with one attached hydrogen (secondary N) is 1. The molecule has 1 aliphatic rings. The number of aryl methyl sites for hydroxylation is 1. The number of ether oxygens (including phenoxy) is 1. The maximum Gasteiger partial charge on any atom is 0.308 e. The molecule has 9 heteroatoms. The summed E-state index contributed by atoms with van der Waals surface area (Å²) in [6, 6.07) is 7.68. The third-order valence-electron chi connectivity index (χ3n) is 4.72. The number of carbonyl (C=O) groups is 2. The number of aromatic nitrogens is 4. The van der Waals surface area contributed by atoms with E-state index < -0.39 is 11.9 Å². The van der Waals surface area contributed by atoms with Crippen molar-refractivity contribution in [2.75, 3.05) is 19.8 Å². The first-order chi connectivity index (χ1) is 13.0. The van der Waals surface area contributed by atoms with Gasteiger partial charge in [-0.15, -0.1) is 10.2 Å². The Morgan fingerprint density at radius 1 is 1.30 bits per heavy atom. The maximum absolute atomic E-state index is 12.2. The molecule has 1 fully saturated rings.